The second-order valence-corrected chi connectivity index (χ2v) is 9.83. The van der Waals surface area contributed by atoms with Crippen LogP contribution in [0.4, 0.5) is 5.82 Å². The molecule has 1 aromatic carbocycles. The number of nitrogens with one attached hydrogen (secondary N) is 1. The van der Waals surface area contributed by atoms with Crippen molar-refractivity contribution in [2.24, 2.45) is 4.99 Å². The summed E-state index contributed by atoms with van der Waals surface area (Å²) in [5.74, 6) is 4.22. The smallest absolute Gasteiger partial charge is 0.161 e. The number of benzene rings is 1. The van der Waals surface area contributed by atoms with Crippen LogP contribution < -0.4 is 4.90 Å². The fourth-order valence-electron chi connectivity index (χ4n) is 6.20. The number of aromatic nitrogens is 4. The Morgan fingerprint density at radius 1 is 1.17 bits per heavy atom. The predicted molar refractivity (Wildman–Crippen MR) is 137 cm³/mol. The molecule has 1 saturated heterocycles. The van der Waals surface area contributed by atoms with Crippen molar-refractivity contribution in [1.29, 1.82) is 0 Å². The number of nitrogens with zero attached hydrogens (tertiary/aromatic N) is 6. The number of hydrogen-bond acceptors (Lipinski definition) is 7. The Morgan fingerprint density at radius 2 is 2.03 bits per heavy atom. The molecule has 8 heteroatoms. The highest BCUT2D eigenvalue weighted by molar-refractivity contribution is 5.86. The molecule has 8 nitrogen and oxygen atoms in total. The molecule has 2 aliphatic heterocycles. The van der Waals surface area contributed by atoms with Gasteiger partial charge in [0.25, 0.3) is 0 Å². The third-order valence-corrected chi connectivity index (χ3v) is 7.85. The van der Waals surface area contributed by atoms with E-state index in [0.29, 0.717) is 0 Å². The van der Waals surface area contributed by atoms with Gasteiger partial charge in [0.1, 0.15) is 23.1 Å². The number of aryl methyl sites for hydroxylation is 1. The number of aromatic amines is 1. The number of carbonyl (C=O) groups excluding carboxylic acids is 1. The SMILES string of the molecule is CCCc1nc(N2CCN(C3CCCC4(N=CCc5ccccc54)C3=C=O)CC2)c2cn[nH]c2n1. The molecular weight excluding hydrogens is 438 g/mol. The van der Waals surface area contributed by atoms with Gasteiger partial charge in [-0.15, -0.1) is 0 Å². The van der Waals surface area contributed by atoms with Gasteiger partial charge in [0, 0.05) is 51.3 Å². The molecule has 1 spiro atoms. The third-order valence-electron chi connectivity index (χ3n) is 7.85. The minimum atomic E-state index is -0.554. The monoisotopic (exact) mass is 469 g/mol. The summed E-state index contributed by atoms with van der Waals surface area (Å²) in [4.78, 5) is 31.8. The number of H-pyrrole nitrogens is 1. The first kappa shape index (κ1) is 22.1. The maximum atomic E-state index is 12.5. The van der Waals surface area contributed by atoms with E-state index in [1.54, 1.807) is 0 Å². The average molecular weight is 470 g/mol. The summed E-state index contributed by atoms with van der Waals surface area (Å²) >= 11 is 0. The minimum absolute atomic E-state index is 0.0710. The first-order chi connectivity index (χ1) is 17.2. The van der Waals surface area contributed by atoms with Crippen LogP contribution >= 0.6 is 0 Å². The van der Waals surface area contributed by atoms with Crippen molar-refractivity contribution in [3.8, 4) is 0 Å². The van der Waals surface area contributed by atoms with Gasteiger partial charge in [-0.25, -0.2) is 14.8 Å². The number of hydrogen-bond donors (Lipinski definition) is 1. The van der Waals surface area contributed by atoms with Crippen LogP contribution in [0.1, 0.15) is 49.6 Å². The zero-order valence-corrected chi connectivity index (χ0v) is 20.2. The standard InChI is InChI=1S/C27H31N7O/c1-2-6-24-30-25-20(17-29-32-25)26(31-24)34-15-13-33(14-16-34)23-9-5-11-27(22(23)18-35)21-8-4-3-7-19(21)10-12-28-27/h3-4,7-8,12,17,23H,2,5-6,9-11,13-16H2,1H3,(H,29,30,31,32). The summed E-state index contributed by atoms with van der Waals surface area (Å²) in [5, 5.41) is 8.19. The first-order valence-corrected chi connectivity index (χ1v) is 12.8. The molecule has 1 saturated carbocycles. The van der Waals surface area contributed by atoms with Crippen LogP contribution in [0.2, 0.25) is 0 Å². The van der Waals surface area contributed by atoms with Gasteiger partial charge in [-0.2, -0.15) is 5.10 Å². The molecule has 0 amide bonds. The van der Waals surface area contributed by atoms with Crippen LogP contribution in [0.25, 0.3) is 11.0 Å². The van der Waals surface area contributed by atoms with Gasteiger partial charge >= 0.3 is 0 Å². The molecule has 35 heavy (non-hydrogen) atoms. The fourth-order valence-corrected chi connectivity index (χ4v) is 6.20. The van der Waals surface area contributed by atoms with Crippen molar-refractivity contribution in [1.82, 2.24) is 25.1 Å². The number of rotatable bonds is 4. The van der Waals surface area contributed by atoms with E-state index in [-0.39, 0.29) is 6.04 Å². The quantitative estimate of drug-likeness (QED) is 0.590. The van der Waals surface area contributed by atoms with Gasteiger partial charge in [0.05, 0.1) is 17.2 Å². The molecule has 6 rings (SSSR count). The highest BCUT2D eigenvalue weighted by atomic mass is 16.1. The van der Waals surface area contributed by atoms with E-state index in [1.807, 2.05) is 12.4 Å². The van der Waals surface area contributed by atoms with E-state index in [1.165, 1.54) is 11.1 Å². The number of anilines is 1. The largest absolute Gasteiger partial charge is 0.353 e. The van der Waals surface area contributed by atoms with Crippen LogP contribution in [0, 0.1) is 0 Å². The van der Waals surface area contributed by atoms with Gasteiger partial charge < -0.3 is 4.90 Å². The van der Waals surface area contributed by atoms with Gasteiger partial charge in [-0.05, 0) is 36.8 Å². The summed E-state index contributed by atoms with van der Waals surface area (Å²) < 4.78 is 0. The van der Waals surface area contributed by atoms with E-state index in [4.69, 9.17) is 9.98 Å². The maximum Gasteiger partial charge on any atom is 0.161 e. The zero-order valence-electron chi connectivity index (χ0n) is 20.2. The average Bonchev–Trinajstić information content (AvgIpc) is 3.37. The van der Waals surface area contributed by atoms with Crippen LogP contribution in [0.5, 0.6) is 0 Å². The summed E-state index contributed by atoms with van der Waals surface area (Å²) in [5.41, 5.74) is 3.52. The van der Waals surface area contributed by atoms with E-state index in [9.17, 15) is 4.79 Å². The highest BCUT2D eigenvalue weighted by Crippen LogP contribution is 2.47. The zero-order chi connectivity index (χ0) is 23.8. The van der Waals surface area contributed by atoms with E-state index >= 15 is 0 Å². The Hall–Kier alpha value is -3.35. The molecule has 1 N–H and O–H groups in total. The van der Waals surface area contributed by atoms with Crippen molar-refractivity contribution in [2.75, 3.05) is 31.1 Å². The molecular formula is C27H31N7O. The lowest BCUT2D eigenvalue weighted by Crippen LogP contribution is -2.54. The Kier molecular flexibility index (Phi) is 5.71. The Morgan fingerprint density at radius 3 is 2.86 bits per heavy atom. The minimum Gasteiger partial charge on any atom is -0.353 e. The summed E-state index contributed by atoms with van der Waals surface area (Å²) in [6, 6.07) is 8.53. The molecule has 0 radical (unpaired) electrons. The Bertz CT molecular complexity index is 1320. The van der Waals surface area contributed by atoms with Crippen molar-refractivity contribution in [2.45, 2.75) is 57.0 Å². The lowest BCUT2D eigenvalue weighted by atomic mass is 9.68. The molecule has 3 aliphatic rings. The molecule has 2 fully saturated rings. The highest BCUT2D eigenvalue weighted by Gasteiger charge is 2.47. The topological polar surface area (TPSA) is 90.4 Å². The fraction of sp³-hybridized carbons (Fsp3) is 0.481. The molecule has 0 bridgehead atoms. The van der Waals surface area contributed by atoms with E-state index in [0.717, 1.165) is 93.0 Å². The molecule has 3 aromatic rings. The summed E-state index contributed by atoms with van der Waals surface area (Å²) in [7, 11) is 0. The number of fused-ring (bicyclic) bond motifs is 3. The molecule has 4 heterocycles. The third kappa shape index (κ3) is 3.68. The second-order valence-electron chi connectivity index (χ2n) is 9.83. The number of piperazine rings is 1. The summed E-state index contributed by atoms with van der Waals surface area (Å²) in [6.07, 6.45) is 9.40. The molecule has 2 aromatic heterocycles. The van der Waals surface area contributed by atoms with Crippen molar-refractivity contribution in [3.05, 3.63) is 53.0 Å². The van der Waals surface area contributed by atoms with Gasteiger partial charge in [-0.1, -0.05) is 31.2 Å². The van der Waals surface area contributed by atoms with E-state index in [2.05, 4.69) is 62.1 Å². The van der Waals surface area contributed by atoms with Crippen LogP contribution in [-0.4, -0.2) is 69.4 Å². The molecule has 2 unspecified atom stereocenters. The molecule has 1 aliphatic carbocycles. The molecule has 2 atom stereocenters. The predicted octanol–water partition coefficient (Wildman–Crippen LogP) is 3.26. The Labute approximate surface area is 205 Å². The van der Waals surface area contributed by atoms with Gasteiger partial charge in [-0.3, -0.25) is 15.0 Å². The van der Waals surface area contributed by atoms with Crippen molar-refractivity contribution >= 4 is 29.0 Å². The van der Waals surface area contributed by atoms with E-state index < -0.39 is 5.54 Å². The van der Waals surface area contributed by atoms with Crippen molar-refractivity contribution in [3.63, 3.8) is 0 Å². The van der Waals surface area contributed by atoms with Gasteiger partial charge in [0.15, 0.2) is 5.65 Å². The Balaban J connectivity index is 1.25. The normalized spacial score (nSPS) is 24.7. The van der Waals surface area contributed by atoms with Crippen molar-refractivity contribution < 1.29 is 4.79 Å². The summed E-state index contributed by atoms with van der Waals surface area (Å²) in [6.45, 7) is 5.56. The lowest BCUT2D eigenvalue weighted by Gasteiger charge is -2.47. The van der Waals surface area contributed by atoms with Crippen LogP contribution in [0.3, 0.4) is 0 Å². The van der Waals surface area contributed by atoms with Gasteiger partial charge in [0.2, 0.25) is 0 Å². The first-order valence-electron chi connectivity index (χ1n) is 12.8. The molecule has 180 valence electrons. The van der Waals surface area contributed by atoms with Crippen LogP contribution in [-0.2, 0) is 23.2 Å². The lowest BCUT2D eigenvalue weighted by molar-refractivity contribution is 0.162. The maximum absolute atomic E-state index is 12.5. The van der Waals surface area contributed by atoms with Crippen LogP contribution in [0.15, 0.2) is 41.0 Å². The number of aliphatic imine (C=N–C) groups is 1. The second kappa shape index (κ2) is 9.02.